The monoisotopic (exact) mass is 293 g/mol. The van der Waals surface area contributed by atoms with Crippen molar-refractivity contribution in [3.05, 3.63) is 42.5 Å². The predicted octanol–water partition coefficient (Wildman–Crippen LogP) is 1.78. The Balaban J connectivity index is 2.48. The van der Waals surface area contributed by atoms with Crippen molar-refractivity contribution in [2.45, 2.75) is 0 Å². The molecule has 0 aliphatic rings. The summed E-state index contributed by atoms with van der Waals surface area (Å²) in [5.74, 6) is -0.608. The maximum atomic E-state index is 11.8. The van der Waals surface area contributed by atoms with E-state index < -0.39 is 16.0 Å². The summed E-state index contributed by atoms with van der Waals surface area (Å²) in [6, 6.07) is 12.8. The van der Waals surface area contributed by atoms with E-state index in [0.717, 1.165) is 21.3 Å². The first-order valence-corrected chi connectivity index (χ1v) is 7.80. The molecule has 0 fully saturated rings. The summed E-state index contributed by atoms with van der Waals surface area (Å²) in [5, 5.41) is 1.91. The van der Waals surface area contributed by atoms with Crippen LogP contribution in [0.5, 0.6) is 0 Å². The van der Waals surface area contributed by atoms with Gasteiger partial charge in [0.25, 0.3) is 0 Å². The Morgan fingerprint density at radius 1 is 1.15 bits per heavy atom. The Kier molecular flexibility index (Phi) is 3.94. The minimum Gasteiger partial charge on any atom is -0.468 e. The number of fused-ring (bicyclic) bond motifs is 1. The first-order valence-electron chi connectivity index (χ1n) is 5.95. The highest BCUT2D eigenvalue weighted by molar-refractivity contribution is 7.92. The van der Waals surface area contributed by atoms with E-state index in [0.29, 0.717) is 5.69 Å². The molecule has 106 valence electrons. The molecule has 0 atom stereocenters. The molecule has 0 aliphatic carbocycles. The van der Waals surface area contributed by atoms with Crippen LogP contribution in [0.4, 0.5) is 5.69 Å². The van der Waals surface area contributed by atoms with Crippen molar-refractivity contribution >= 4 is 32.5 Å². The molecule has 0 spiro atoms. The highest BCUT2D eigenvalue weighted by Crippen LogP contribution is 2.23. The van der Waals surface area contributed by atoms with E-state index in [9.17, 15) is 13.2 Å². The summed E-state index contributed by atoms with van der Waals surface area (Å²) in [6.07, 6.45) is 1.06. The predicted molar refractivity (Wildman–Crippen MR) is 78.2 cm³/mol. The summed E-state index contributed by atoms with van der Waals surface area (Å²) >= 11 is 0. The zero-order valence-corrected chi connectivity index (χ0v) is 12.1. The van der Waals surface area contributed by atoms with Gasteiger partial charge in [-0.1, -0.05) is 30.3 Å². The second-order valence-corrected chi connectivity index (χ2v) is 6.28. The lowest BCUT2D eigenvalue weighted by Gasteiger charge is -2.21. The number of hydrogen-bond donors (Lipinski definition) is 0. The maximum absolute atomic E-state index is 11.8. The fourth-order valence-electron chi connectivity index (χ4n) is 1.91. The molecule has 0 aromatic heterocycles. The number of nitrogens with zero attached hydrogens (tertiary/aromatic N) is 1. The second-order valence-electron chi connectivity index (χ2n) is 4.38. The quantitative estimate of drug-likeness (QED) is 0.806. The number of rotatable bonds is 4. The number of carbonyl (C=O) groups excluding carboxylic acids is 1. The van der Waals surface area contributed by atoms with Crippen molar-refractivity contribution in [1.82, 2.24) is 0 Å². The number of sulfonamides is 1. The van der Waals surface area contributed by atoms with Gasteiger partial charge in [0.1, 0.15) is 6.54 Å². The largest absolute Gasteiger partial charge is 0.468 e. The van der Waals surface area contributed by atoms with Gasteiger partial charge in [0.15, 0.2) is 0 Å². The molecule has 0 heterocycles. The average Bonchev–Trinajstić information content (AvgIpc) is 2.42. The molecule has 6 heteroatoms. The third-order valence-electron chi connectivity index (χ3n) is 2.92. The van der Waals surface area contributed by atoms with Gasteiger partial charge in [-0.2, -0.15) is 0 Å². The van der Waals surface area contributed by atoms with Crippen molar-refractivity contribution < 1.29 is 17.9 Å². The van der Waals surface area contributed by atoms with Gasteiger partial charge in [0, 0.05) is 0 Å². The van der Waals surface area contributed by atoms with Crippen LogP contribution >= 0.6 is 0 Å². The van der Waals surface area contributed by atoms with Gasteiger partial charge in [-0.15, -0.1) is 0 Å². The fraction of sp³-hybridized carbons (Fsp3) is 0.214. The van der Waals surface area contributed by atoms with Crippen LogP contribution in [0.3, 0.4) is 0 Å². The summed E-state index contributed by atoms with van der Waals surface area (Å²) in [4.78, 5) is 11.4. The van der Waals surface area contributed by atoms with E-state index >= 15 is 0 Å². The average molecular weight is 293 g/mol. The number of ether oxygens (including phenoxy) is 1. The van der Waals surface area contributed by atoms with Gasteiger partial charge in [0.2, 0.25) is 10.0 Å². The zero-order valence-electron chi connectivity index (χ0n) is 11.2. The van der Waals surface area contributed by atoms with Gasteiger partial charge in [-0.3, -0.25) is 9.10 Å². The van der Waals surface area contributed by atoms with Gasteiger partial charge in [0.05, 0.1) is 19.1 Å². The standard InChI is InChI=1S/C14H15NO4S/c1-19-14(16)10-15(20(2,17)18)13-8-7-11-5-3-4-6-12(11)9-13/h3-9H,10H2,1-2H3. The Morgan fingerprint density at radius 3 is 2.40 bits per heavy atom. The fourth-order valence-corrected chi connectivity index (χ4v) is 2.75. The van der Waals surface area contributed by atoms with E-state index in [-0.39, 0.29) is 6.54 Å². The van der Waals surface area contributed by atoms with Crippen molar-refractivity contribution in [2.24, 2.45) is 0 Å². The van der Waals surface area contributed by atoms with Crippen molar-refractivity contribution in [3.63, 3.8) is 0 Å². The van der Waals surface area contributed by atoms with Gasteiger partial charge >= 0.3 is 5.97 Å². The highest BCUT2D eigenvalue weighted by atomic mass is 32.2. The molecule has 0 radical (unpaired) electrons. The highest BCUT2D eigenvalue weighted by Gasteiger charge is 2.21. The van der Waals surface area contributed by atoms with E-state index in [1.807, 2.05) is 30.3 Å². The van der Waals surface area contributed by atoms with Crippen LogP contribution in [-0.4, -0.2) is 34.3 Å². The molecule has 0 saturated carbocycles. The Labute approximate surface area is 117 Å². The minimum atomic E-state index is -3.56. The summed E-state index contributed by atoms with van der Waals surface area (Å²) in [5.41, 5.74) is 0.441. The molecule has 0 aliphatic heterocycles. The van der Waals surface area contributed by atoms with Gasteiger partial charge < -0.3 is 4.74 Å². The minimum absolute atomic E-state index is 0.340. The van der Waals surface area contributed by atoms with E-state index in [2.05, 4.69) is 4.74 Å². The molecule has 0 unspecified atom stereocenters. The summed E-state index contributed by atoms with van der Waals surface area (Å²) in [6.45, 7) is -0.340. The molecule has 0 N–H and O–H groups in total. The number of methoxy groups -OCH3 is 1. The Morgan fingerprint density at radius 2 is 1.80 bits per heavy atom. The van der Waals surface area contributed by atoms with Crippen LogP contribution in [-0.2, 0) is 19.6 Å². The molecular weight excluding hydrogens is 278 g/mol. The van der Waals surface area contributed by atoms with Crippen LogP contribution in [0, 0.1) is 0 Å². The molecule has 0 amide bonds. The van der Waals surface area contributed by atoms with Crippen LogP contribution in [0.25, 0.3) is 10.8 Å². The van der Waals surface area contributed by atoms with Gasteiger partial charge in [-0.05, 0) is 22.9 Å². The number of carbonyl (C=O) groups is 1. The topological polar surface area (TPSA) is 63.7 Å². The summed E-state index contributed by atoms with van der Waals surface area (Å²) < 4.78 is 29.2. The lowest BCUT2D eigenvalue weighted by Crippen LogP contribution is -2.35. The van der Waals surface area contributed by atoms with E-state index in [1.165, 1.54) is 7.11 Å². The van der Waals surface area contributed by atoms with Crippen molar-refractivity contribution in [3.8, 4) is 0 Å². The number of hydrogen-bond acceptors (Lipinski definition) is 4. The maximum Gasteiger partial charge on any atom is 0.326 e. The van der Waals surface area contributed by atoms with Crippen molar-refractivity contribution in [2.75, 3.05) is 24.2 Å². The van der Waals surface area contributed by atoms with Crippen LogP contribution in [0.1, 0.15) is 0 Å². The summed E-state index contributed by atoms with van der Waals surface area (Å²) in [7, 11) is -2.33. The van der Waals surface area contributed by atoms with Crippen LogP contribution < -0.4 is 4.31 Å². The number of benzene rings is 2. The first-order chi connectivity index (χ1) is 9.41. The lowest BCUT2D eigenvalue weighted by atomic mass is 10.1. The number of esters is 1. The van der Waals surface area contributed by atoms with E-state index in [1.54, 1.807) is 12.1 Å². The molecule has 5 nitrogen and oxygen atoms in total. The lowest BCUT2D eigenvalue weighted by molar-refractivity contribution is -0.138. The molecule has 0 bridgehead atoms. The molecular formula is C14H15NO4S. The van der Waals surface area contributed by atoms with Gasteiger partial charge in [-0.25, -0.2) is 8.42 Å². The van der Waals surface area contributed by atoms with Crippen molar-refractivity contribution in [1.29, 1.82) is 0 Å². The SMILES string of the molecule is COC(=O)CN(c1ccc2ccccc2c1)S(C)(=O)=O. The van der Waals surface area contributed by atoms with E-state index in [4.69, 9.17) is 0 Å². The molecule has 2 aromatic rings. The molecule has 2 rings (SSSR count). The zero-order chi connectivity index (χ0) is 14.8. The third kappa shape index (κ3) is 3.08. The number of anilines is 1. The molecule has 0 saturated heterocycles. The third-order valence-corrected chi connectivity index (χ3v) is 4.06. The Hall–Kier alpha value is -2.08. The normalized spacial score (nSPS) is 11.3. The Bertz CT molecular complexity index is 740. The molecule has 20 heavy (non-hydrogen) atoms. The first kappa shape index (κ1) is 14.3. The smallest absolute Gasteiger partial charge is 0.326 e. The molecule has 2 aromatic carbocycles. The van der Waals surface area contributed by atoms with Crippen LogP contribution in [0.15, 0.2) is 42.5 Å². The second kappa shape index (κ2) is 5.50. The van der Waals surface area contributed by atoms with Crippen LogP contribution in [0.2, 0.25) is 0 Å².